The summed E-state index contributed by atoms with van der Waals surface area (Å²) < 4.78 is 5.52. The molecule has 0 aromatic heterocycles. The van der Waals surface area contributed by atoms with E-state index < -0.39 is 69.0 Å². The van der Waals surface area contributed by atoms with E-state index in [9.17, 15) is 39.4 Å². The number of nitro benzene ring substituents is 2. The van der Waals surface area contributed by atoms with Crippen molar-refractivity contribution in [1.82, 2.24) is 0 Å². The van der Waals surface area contributed by atoms with E-state index in [2.05, 4.69) is 0 Å². The van der Waals surface area contributed by atoms with Crippen molar-refractivity contribution >= 4 is 46.4 Å². The molecular weight excluding hydrogens is 624 g/mol. The number of carbonyl (C=O) groups excluding carboxylic acids is 4. The zero-order chi connectivity index (χ0) is 33.9. The van der Waals surface area contributed by atoms with Gasteiger partial charge in [-0.05, 0) is 48.6 Å². The summed E-state index contributed by atoms with van der Waals surface area (Å²) in [4.78, 5) is 80.0. The molecule has 0 radical (unpaired) electrons. The molecule has 3 aromatic carbocycles. The predicted octanol–water partition coefficient (Wildman–Crippen LogP) is 3.92. The number of hydrogen-bond donors (Lipinski definition) is 1. The number of non-ortho nitro benzene ring substituents is 2. The minimum Gasteiger partial charge on any atom is -0.491 e. The van der Waals surface area contributed by atoms with Gasteiger partial charge in [-0.3, -0.25) is 39.4 Å². The lowest BCUT2D eigenvalue weighted by Gasteiger charge is -2.44. The first-order valence-electron chi connectivity index (χ1n) is 15.4. The molecule has 7 rings (SSSR count). The van der Waals surface area contributed by atoms with Crippen LogP contribution < -0.4 is 14.5 Å². The molecule has 2 aliphatic heterocycles. The van der Waals surface area contributed by atoms with Crippen LogP contribution in [0.4, 0.5) is 22.7 Å². The van der Waals surface area contributed by atoms with E-state index in [1.807, 2.05) is 6.08 Å². The quantitative estimate of drug-likeness (QED) is 0.162. The van der Waals surface area contributed by atoms with E-state index in [1.165, 1.54) is 48.5 Å². The SMILES string of the molecule is O=C1[C@H]2[C@H](CC=C3[C@H]2C[C@H]2C(=O)N(c4cccc([N+](=O)[O-])c4)C(=O)[C@H]2[C@H]3c2ccc(OCCO)cc2)C(=O)N1c1cccc([N+](=O)[O-])c1. The molecule has 2 aliphatic carbocycles. The van der Waals surface area contributed by atoms with Gasteiger partial charge in [0, 0.05) is 30.2 Å². The number of anilines is 2. The highest BCUT2D eigenvalue weighted by Gasteiger charge is 2.62. The zero-order valence-electron chi connectivity index (χ0n) is 25.2. The number of benzene rings is 3. The molecule has 1 N–H and O–H groups in total. The summed E-state index contributed by atoms with van der Waals surface area (Å²) in [5.41, 5.74) is 1.01. The number of imide groups is 2. The minimum absolute atomic E-state index is 0.0684. The molecular formula is C34H28N4O10. The van der Waals surface area contributed by atoms with Crippen molar-refractivity contribution in [3.05, 3.63) is 110 Å². The second kappa shape index (κ2) is 11.8. The molecule has 14 nitrogen and oxygen atoms in total. The van der Waals surface area contributed by atoms with E-state index in [-0.39, 0.29) is 48.8 Å². The molecule has 0 bridgehead atoms. The van der Waals surface area contributed by atoms with Crippen LogP contribution >= 0.6 is 0 Å². The summed E-state index contributed by atoms with van der Waals surface area (Å²) in [6, 6.07) is 17.5. The third kappa shape index (κ3) is 4.83. The third-order valence-corrected chi connectivity index (χ3v) is 9.85. The first-order chi connectivity index (χ1) is 23.1. The van der Waals surface area contributed by atoms with Crippen LogP contribution in [0.15, 0.2) is 84.4 Å². The number of aliphatic hydroxyl groups is 1. The van der Waals surface area contributed by atoms with Crippen molar-refractivity contribution in [3.63, 3.8) is 0 Å². The Bertz CT molecular complexity index is 1920. The topological polar surface area (TPSA) is 190 Å². The molecule has 4 aliphatic rings. The van der Waals surface area contributed by atoms with Crippen LogP contribution in [0.3, 0.4) is 0 Å². The summed E-state index contributed by atoms with van der Waals surface area (Å²) in [6.45, 7) is -0.110. The molecule has 6 atom stereocenters. The summed E-state index contributed by atoms with van der Waals surface area (Å²) >= 11 is 0. The maximum Gasteiger partial charge on any atom is 0.271 e. The van der Waals surface area contributed by atoms with Crippen molar-refractivity contribution < 1.29 is 38.9 Å². The van der Waals surface area contributed by atoms with Gasteiger partial charge in [0.25, 0.3) is 11.4 Å². The van der Waals surface area contributed by atoms with Crippen LogP contribution in [-0.2, 0) is 19.2 Å². The number of aliphatic hydroxyl groups excluding tert-OH is 1. The Balaban J connectivity index is 1.30. The molecule has 3 aromatic rings. The van der Waals surface area contributed by atoms with Crippen molar-refractivity contribution in [3.8, 4) is 5.75 Å². The Kier molecular flexibility index (Phi) is 7.59. The number of fused-ring (bicyclic) bond motifs is 4. The molecule has 0 unspecified atom stereocenters. The molecule has 2 heterocycles. The van der Waals surface area contributed by atoms with Gasteiger partial charge in [-0.25, -0.2) is 9.80 Å². The fourth-order valence-corrected chi connectivity index (χ4v) is 7.90. The average Bonchev–Trinajstić information content (AvgIpc) is 3.50. The number of carbonyl (C=O) groups is 4. The fraction of sp³-hybridized carbons (Fsp3) is 0.294. The summed E-state index contributed by atoms with van der Waals surface area (Å²) in [5.74, 6) is -6.32. The van der Waals surface area contributed by atoms with E-state index in [0.29, 0.717) is 11.3 Å². The van der Waals surface area contributed by atoms with Crippen LogP contribution in [0.2, 0.25) is 0 Å². The van der Waals surface area contributed by atoms with Gasteiger partial charge in [0.15, 0.2) is 0 Å². The Morgan fingerprint density at radius 3 is 1.85 bits per heavy atom. The molecule has 1 saturated carbocycles. The van der Waals surface area contributed by atoms with Gasteiger partial charge in [0.1, 0.15) is 12.4 Å². The number of rotatable bonds is 8. The smallest absolute Gasteiger partial charge is 0.271 e. The number of amides is 4. The van der Waals surface area contributed by atoms with Gasteiger partial charge in [0.2, 0.25) is 23.6 Å². The maximum absolute atomic E-state index is 14.2. The number of allylic oxidation sites excluding steroid dienone is 2. The van der Waals surface area contributed by atoms with E-state index in [4.69, 9.17) is 9.84 Å². The molecule has 48 heavy (non-hydrogen) atoms. The largest absolute Gasteiger partial charge is 0.491 e. The summed E-state index contributed by atoms with van der Waals surface area (Å²) in [6.07, 6.45) is 2.15. The van der Waals surface area contributed by atoms with Crippen LogP contribution in [-0.4, -0.2) is 51.8 Å². The van der Waals surface area contributed by atoms with Gasteiger partial charge in [-0.1, -0.05) is 35.9 Å². The molecule has 2 saturated heterocycles. The van der Waals surface area contributed by atoms with E-state index >= 15 is 0 Å². The number of hydrogen-bond acceptors (Lipinski definition) is 10. The maximum atomic E-state index is 14.2. The van der Waals surface area contributed by atoms with Crippen molar-refractivity contribution in [1.29, 1.82) is 0 Å². The highest BCUT2D eigenvalue weighted by atomic mass is 16.6. The Labute approximate surface area is 272 Å². The molecule has 14 heteroatoms. The first-order valence-corrected chi connectivity index (χ1v) is 15.4. The highest BCUT2D eigenvalue weighted by Crippen LogP contribution is 2.58. The monoisotopic (exact) mass is 652 g/mol. The second-order valence-corrected chi connectivity index (χ2v) is 12.2. The molecule has 4 amide bonds. The lowest BCUT2D eigenvalue weighted by atomic mass is 9.57. The highest BCUT2D eigenvalue weighted by molar-refractivity contribution is 6.24. The van der Waals surface area contributed by atoms with Crippen molar-refractivity contribution in [2.45, 2.75) is 18.8 Å². The van der Waals surface area contributed by atoms with Gasteiger partial charge < -0.3 is 9.84 Å². The zero-order valence-corrected chi connectivity index (χ0v) is 25.2. The summed E-state index contributed by atoms with van der Waals surface area (Å²) in [7, 11) is 0. The molecule has 244 valence electrons. The third-order valence-electron chi connectivity index (χ3n) is 9.85. The predicted molar refractivity (Wildman–Crippen MR) is 168 cm³/mol. The van der Waals surface area contributed by atoms with Gasteiger partial charge in [-0.15, -0.1) is 0 Å². The summed E-state index contributed by atoms with van der Waals surface area (Å²) in [5, 5.41) is 32.1. The minimum atomic E-state index is -0.900. The first kappa shape index (κ1) is 30.9. The van der Waals surface area contributed by atoms with Gasteiger partial charge in [-0.2, -0.15) is 0 Å². The van der Waals surface area contributed by atoms with Crippen LogP contribution in [0, 0.1) is 49.8 Å². The average molecular weight is 653 g/mol. The normalized spacial score (nSPS) is 26.1. The number of nitro groups is 2. The second-order valence-electron chi connectivity index (χ2n) is 12.2. The van der Waals surface area contributed by atoms with Gasteiger partial charge in [0.05, 0.1) is 51.5 Å². The van der Waals surface area contributed by atoms with Crippen molar-refractivity contribution in [2.75, 3.05) is 23.0 Å². The number of nitrogens with zero attached hydrogens (tertiary/aromatic N) is 4. The fourth-order valence-electron chi connectivity index (χ4n) is 7.90. The van der Waals surface area contributed by atoms with Crippen LogP contribution in [0.5, 0.6) is 5.75 Å². The lowest BCUT2D eigenvalue weighted by Crippen LogP contribution is -2.43. The standard InChI is InChI=1S/C34H28N4O10/c39-13-14-48-23-9-7-18(8-10-23)28-24-11-12-25-29(33(42)35(31(25)40)19-3-1-5-21(15-19)37(44)45)26(24)17-27-30(28)34(43)36(32(27)41)20-4-2-6-22(16-20)38(46)47/h1-11,15-16,25-30,39H,12-14,17H2/t25-,26+,27+,28-,29-,30+/m0/s1. The Morgan fingerprint density at radius 1 is 0.729 bits per heavy atom. The Morgan fingerprint density at radius 2 is 1.29 bits per heavy atom. The van der Waals surface area contributed by atoms with Gasteiger partial charge >= 0.3 is 0 Å². The Hall–Kier alpha value is -5.76. The van der Waals surface area contributed by atoms with Crippen LogP contribution in [0.25, 0.3) is 0 Å². The lowest BCUT2D eigenvalue weighted by molar-refractivity contribution is -0.385. The van der Waals surface area contributed by atoms with E-state index in [0.717, 1.165) is 15.4 Å². The van der Waals surface area contributed by atoms with Crippen LogP contribution in [0.1, 0.15) is 24.3 Å². The molecule has 0 spiro atoms. The van der Waals surface area contributed by atoms with E-state index in [1.54, 1.807) is 24.3 Å². The molecule has 3 fully saturated rings. The number of ether oxygens (including phenoxy) is 1. The van der Waals surface area contributed by atoms with Crippen molar-refractivity contribution in [2.24, 2.45) is 29.6 Å².